The zero-order valence-corrected chi connectivity index (χ0v) is 13.6. The first-order valence-corrected chi connectivity index (χ1v) is 7.35. The van der Waals surface area contributed by atoms with E-state index in [1.54, 1.807) is 36.7 Å². The predicted octanol–water partition coefficient (Wildman–Crippen LogP) is 2.25. The van der Waals surface area contributed by atoms with Crippen molar-refractivity contribution in [1.29, 1.82) is 0 Å². The zero-order valence-electron chi connectivity index (χ0n) is 12.8. The number of aryl methyl sites for hydroxylation is 1. The van der Waals surface area contributed by atoms with Crippen molar-refractivity contribution in [3.05, 3.63) is 29.0 Å². The zero-order chi connectivity index (χ0) is 16.3. The Morgan fingerprint density at radius 2 is 2.14 bits per heavy atom. The minimum atomic E-state index is -0.311. The van der Waals surface area contributed by atoms with Gasteiger partial charge in [0.2, 0.25) is 5.28 Å². The number of benzene rings is 1. The molecule has 2 rings (SSSR count). The first-order chi connectivity index (χ1) is 10.4. The number of rotatable bonds is 5. The molecule has 0 aliphatic heterocycles. The van der Waals surface area contributed by atoms with Crippen LogP contribution >= 0.6 is 11.6 Å². The molecule has 0 spiro atoms. The van der Waals surface area contributed by atoms with Gasteiger partial charge < -0.3 is 14.2 Å². The topological polar surface area (TPSA) is 64.4 Å². The van der Waals surface area contributed by atoms with E-state index in [1.165, 1.54) is 4.90 Å². The van der Waals surface area contributed by atoms with Crippen LogP contribution < -0.4 is 0 Å². The van der Waals surface area contributed by atoms with E-state index < -0.39 is 0 Å². The van der Waals surface area contributed by atoms with E-state index in [0.29, 0.717) is 29.5 Å². The largest absolute Gasteiger partial charge is 0.466 e. The smallest absolute Gasteiger partial charge is 0.307 e. The number of fused-ring (bicyclic) bond motifs is 1. The van der Waals surface area contributed by atoms with Gasteiger partial charge in [-0.2, -0.15) is 0 Å². The molecule has 7 heteroatoms. The predicted molar refractivity (Wildman–Crippen MR) is 83.9 cm³/mol. The van der Waals surface area contributed by atoms with Crippen LogP contribution in [0.5, 0.6) is 0 Å². The first kappa shape index (κ1) is 16.3. The van der Waals surface area contributed by atoms with E-state index in [9.17, 15) is 9.59 Å². The number of carbonyl (C=O) groups is 2. The lowest BCUT2D eigenvalue weighted by Crippen LogP contribution is -2.29. The van der Waals surface area contributed by atoms with Gasteiger partial charge in [-0.05, 0) is 36.7 Å². The lowest BCUT2D eigenvalue weighted by Gasteiger charge is -2.16. The Hall–Kier alpha value is -2.08. The van der Waals surface area contributed by atoms with Gasteiger partial charge in [0.25, 0.3) is 5.91 Å². The van der Waals surface area contributed by atoms with Gasteiger partial charge in [-0.15, -0.1) is 0 Å². The fraction of sp³-hybridized carbons (Fsp3) is 0.400. The van der Waals surface area contributed by atoms with Crippen molar-refractivity contribution in [3.8, 4) is 0 Å². The highest BCUT2D eigenvalue weighted by Crippen LogP contribution is 2.20. The van der Waals surface area contributed by atoms with E-state index >= 15 is 0 Å². The number of halogens is 1. The molecule has 6 nitrogen and oxygen atoms in total. The summed E-state index contributed by atoms with van der Waals surface area (Å²) in [6, 6.07) is 5.23. The third kappa shape index (κ3) is 3.39. The number of imidazole rings is 1. The molecule has 0 N–H and O–H groups in total. The lowest BCUT2D eigenvalue weighted by molar-refractivity contribution is -0.143. The van der Waals surface area contributed by atoms with Crippen LogP contribution in [-0.4, -0.2) is 46.5 Å². The molecule has 0 saturated carbocycles. The quantitative estimate of drug-likeness (QED) is 0.792. The molecule has 22 heavy (non-hydrogen) atoms. The Balaban J connectivity index is 2.10. The van der Waals surface area contributed by atoms with Gasteiger partial charge in [0.1, 0.15) is 0 Å². The Kier molecular flexibility index (Phi) is 5.03. The Bertz CT molecular complexity index is 711. The van der Waals surface area contributed by atoms with Gasteiger partial charge in [-0.3, -0.25) is 9.59 Å². The number of amides is 1. The summed E-state index contributed by atoms with van der Waals surface area (Å²) in [7, 11) is 3.46. The van der Waals surface area contributed by atoms with E-state index in [0.717, 1.165) is 5.52 Å². The number of carbonyl (C=O) groups excluding carboxylic acids is 2. The highest BCUT2D eigenvalue weighted by atomic mass is 35.5. The summed E-state index contributed by atoms with van der Waals surface area (Å²) in [4.78, 5) is 29.4. The first-order valence-electron chi connectivity index (χ1n) is 6.97. The summed E-state index contributed by atoms with van der Waals surface area (Å²) < 4.78 is 6.59. The van der Waals surface area contributed by atoms with Crippen molar-refractivity contribution in [2.75, 3.05) is 20.2 Å². The standard InChI is InChI=1S/C15H18ClN3O3/c1-4-22-13(20)7-8-18(2)14(21)10-5-6-12-11(9-10)17-15(16)19(12)3/h5-6,9H,4,7-8H2,1-3H3. The maximum absolute atomic E-state index is 12.4. The fourth-order valence-electron chi connectivity index (χ4n) is 2.12. The summed E-state index contributed by atoms with van der Waals surface area (Å²) in [6.45, 7) is 2.40. The summed E-state index contributed by atoms with van der Waals surface area (Å²) in [5, 5.41) is 0.371. The van der Waals surface area contributed by atoms with Gasteiger partial charge in [-0.25, -0.2) is 4.98 Å². The monoisotopic (exact) mass is 323 g/mol. The highest BCUT2D eigenvalue weighted by Gasteiger charge is 2.15. The van der Waals surface area contributed by atoms with Gasteiger partial charge in [0.05, 0.1) is 24.1 Å². The van der Waals surface area contributed by atoms with Gasteiger partial charge in [0, 0.05) is 26.2 Å². The minimum Gasteiger partial charge on any atom is -0.466 e. The average molecular weight is 324 g/mol. The molecule has 0 saturated heterocycles. The lowest BCUT2D eigenvalue weighted by atomic mass is 10.1. The highest BCUT2D eigenvalue weighted by molar-refractivity contribution is 6.29. The maximum Gasteiger partial charge on any atom is 0.307 e. The molecule has 1 amide bonds. The van der Waals surface area contributed by atoms with Crippen LogP contribution in [0.2, 0.25) is 5.28 Å². The molecular weight excluding hydrogens is 306 g/mol. The van der Waals surface area contributed by atoms with Crippen LogP contribution in [0.1, 0.15) is 23.7 Å². The molecule has 2 aromatic rings. The maximum atomic E-state index is 12.4. The molecule has 0 radical (unpaired) electrons. The number of hydrogen-bond acceptors (Lipinski definition) is 4. The molecule has 0 aliphatic carbocycles. The van der Waals surface area contributed by atoms with Crippen molar-refractivity contribution < 1.29 is 14.3 Å². The fourth-order valence-corrected chi connectivity index (χ4v) is 2.30. The summed E-state index contributed by atoms with van der Waals surface area (Å²) in [6.07, 6.45) is 0.174. The third-order valence-corrected chi connectivity index (χ3v) is 3.71. The molecule has 0 aliphatic rings. The summed E-state index contributed by atoms with van der Waals surface area (Å²) in [5.41, 5.74) is 2.03. The molecule has 118 valence electrons. The molecule has 0 bridgehead atoms. The third-order valence-electron chi connectivity index (χ3n) is 3.38. The van der Waals surface area contributed by atoms with Gasteiger partial charge >= 0.3 is 5.97 Å². The van der Waals surface area contributed by atoms with Crippen LogP contribution in [-0.2, 0) is 16.6 Å². The Labute approximate surface area is 133 Å². The second-order valence-corrected chi connectivity index (χ2v) is 5.26. The van der Waals surface area contributed by atoms with Crippen LogP contribution in [0, 0.1) is 0 Å². The average Bonchev–Trinajstić information content (AvgIpc) is 2.78. The molecule has 0 fully saturated rings. The van der Waals surface area contributed by atoms with Crippen molar-refractivity contribution >= 4 is 34.5 Å². The minimum absolute atomic E-state index is 0.173. The number of aromatic nitrogens is 2. The molecule has 0 atom stereocenters. The van der Waals surface area contributed by atoms with Crippen LogP contribution in [0.25, 0.3) is 11.0 Å². The molecule has 1 aromatic carbocycles. The Morgan fingerprint density at radius 1 is 1.41 bits per heavy atom. The van der Waals surface area contributed by atoms with E-state index in [1.807, 2.05) is 7.05 Å². The second-order valence-electron chi connectivity index (χ2n) is 4.93. The molecule has 1 heterocycles. The molecule has 1 aromatic heterocycles. The van der Waals surface area contributed by atoms with Crippen molar-refractivity contribution in [2.45, 2.75) is 13.3 Å². The number of nitrogens with zero attached hydrogens (tertiary/aromatic N) is 3. The molecule has 0 unspecified atom stereocenters. The van der Waals surface area contributed by atoms with Crippen molar-refractivity contribution in [3.63, 3.8) is 0 Å². The molecular formula is C15H18ClN3O3. The van der Waals surface area contributed by atoms with E-state index in [2.05, 4.69) is 4.98 Å². The van der Waals surface area contributed by atoms with Crippen LogP contribution in [0.15, 0.2) is 18.2 Å². The normalized spacial score (nSPS) is 10.7. The van der Waals surface area contributed by atoms with Gasteiger partial charge in [-0.1, -0.05) is 0 Å². The number of hydrogen-bond donors (Lipinski definition) is 0. The summed E-state index contributed by atoms with van der Waals surface area (Å²) in [5.74, 6) is -0.484. The SMILES string of the molecule is CCOC(=O)CCN(C)C(=O)c1ccc2c(c1)nc(Cl)n2C. The summed E-state index contributed by atoms with van der Waals surface area (Å²) >= 11 is 5.97. The van der Waals surface area contributed by atoms with Crippen LogP contribution in [0.3, 0.4) is 0 Å². The van der Waals surface area contributed by atoms with E-state index in [-0.39, 0.29) is 18.3 Å². The van der Waals surface area contributed by atoms with Crippen LogP contribution in [0.4, 0.5) is 0 Å². The van der Waals surface area contributed by atoms with E-state index in [4.69, 9.17) is 16.3 Å². The number of esters is 1. The van der Waals surface area contributed by atoms with Gasteiger partial charge in [0.15, 0.2) is 0 Å². The Morgan fingerprint density at radius 3 is 2.82 bits per heavy atom. The van der Waals surface area contributed by atoms with Crippen molar-refractivity contribution in [2.24, 2.45) is 7.05 Å². The van der Waals surface area contributed by atoms with Crippen molar-refractivity contribution in [1.82, 2.24) is 14.5 Å². The second kappa shape index (κ2) is 6.79. The number of ether oxygens (including phenoxy) is 1.